The van der Waals surface area contributed by atoms with E-state index in [1.165, 1.54) is 0 Å². The van der Waals surface area contributed by atoms with Gasteiger partial charge in [0, 0.05) is 13.2 Å². The number of carbonyl (C=O) groups excluding carboxylic acids is 1. The standard InChI is InChI=1S/C8H11NO3/c9-6-8(7(11)5-10)1-3-12-4-2-8/h5,7,11H,1-4H2. The van der Waals surface area contributed by atoms with Crippen molar-refractivity contribution in [2.45, 2.75) is 18.9 Å². The third-order valence-corrected chi connectivity index (χ3v) is 2.30. The summed E-state index contributed by atoms with van der Waals surface area (Å²) in [5, 5.41) is 18.1. The Bertz CT molecular complexity index is 203. The second-order valence-electron chi connectivity index (χ2n) is 2.96. The summed E-state index contributed by atoms with van der Waals surface area (Å²) in [6, 6.07) is 2.01. The highest BCUT2D eigenvalue weighted by Gasteiger charge is 2.39. The first-order chi connectivity index (χ1) is 5.75. The van der Waals surface area contributed by atoms with Gasteiger partial charge in [-0.05, 0) is 12.8 Å². The van der Waals surface area contributed by atoms with Crippen molar-refractivity contribution in [2.24, 2.45) is 5.41 Å². The maximum Gasteiger partial charge on any atom is 0.150 e. The number of nitrogens with zero attached hydrogens (tertiary/aromatic N) is 1. The van der Waals surface area contributed by atoms with Crippen molar-refractivity contribution in [3.63, 3.8) is 0 Å². The zero-order valence-electron chi connectivity index (χ0n) is 6.69. The summed E-state index contributed by atoms with van der Waals surface area (Å²) in [5.41, 5.74) is -0.903. The van der Waals surface area contributed by atoms with E-state index in [9.17, 15) is 9.90 Å². The molecule has 0 radical (unpaired) electrons. The zero-order chi connectivity index (χ0) is 9.03. The Hall–Kier alpha value is -0.920. The van der Waals surface area contributed by atoms with Crippen molar-refractivity contribution in [1.29, 1.82) is 5.26 Å². The molecule has 1 atom stereocenters. The molecule has 1 N–H and O–H groups in total. The average molecular weight is 169 g/mol. The molecule has 1 heterocycles. The second kappa shape index (κ2) is 3.65. The van der Waals surface area contributed by atoms with E-state index in [-0.39, 0.29) is 0 Å². The smallest absolute Gasteiger partial charge is 0.150 e. The van der Waals surface area contributed by atoms with Crippen LogP contribution < -0.4 is 0 Å². The number of rotatable bonds is 2. The summed E-state index contributed by atoms with van der Waals surface area (Å²) in [6.07, 6.45) is 0.118. The predicted octanol–water partition coefficient (Wildman–Crippen LogP) is -0.133. The lowest BCUT2D eigenvalue weighted by molar-refractivity contribution is -0.122. The molecule has 1 unspecified atom stereocenters. The van der Waals surface area contributed by atoms with Gasteiger partial charge in [-0.1, -0.05) is 0 Å². The van der Waals surface area contributed by atoms with Crippen LogP contribution in [0.1, 0.15) is 12.8 Å². The van der Waals surface area contributed by atoms with Gasteiger partial charge < -0.3 is 14.6 Å². The Kier molecular flexibility index (Phi) is 2.79. The summed E-state index contributed by atoms with van der Waals surface area (Å²) in [4.78, 5) is 10.3. The van der Waals surface area contributed by atoms with Crippen LogP contribution in [-0.2, 0) is 9.53 Å². The first-order valence-electron chi connectivity index (χ1n) is 3.87. The van der Waals surface area contributed by atoms with Crippen LogP contribution in [-0.4, -0.2) is 30.7 Å². The van der Waals surface area contributed by atoms with Crippen LogP contribution >= 0.6 is 0 Å². The molecule has 0 amide bonds. The lowest BCUT2D eigenvalue weighted by Crippen LogP contribution is -2.40. The largest absolute Gasteiger partial charge is 0.384 e. The molecule has 0 aromatic rings. The van der Waals surface area contributed by atoms with Gasteiger partial charge in [-0.25, -0.2) is 0 Å². The molecule has 0 bridgehead atoms. The number of hydrogen-bond donors (Lipinski definition) is 1. The summed E-state index contributed by atoms with van der Waals surface area (Å²) >= 11 is 0. The van der Waals surface area contributed by atoms with Gasteiger partial charge >= 0.3 is 0 Å². The monoisotopic (exact) mass is 169 g/mol. The van der Waals surface area contributed by atoms with Gasteiger partial charge in [-0.15, -0.1) is 0 Å². The molecule has 0 saturated carbocycles. The van der Waals surface area contributed by atoms with Crippen LogP contribution in [0.3, 0.4) is 0 Å². The Balaban J connectivity index is 2.74. The molecular weight excluding hydrogens is 158 g/mol. The highest BCUT2D eigenvalue weighted by atomic mass is 16.5. The molecule has 1 saturated heterocycles. The SMILES string of the molecule is N#CC1(C(O)C=O)CCOCC1. The number of ether oxygens (including phenoxy) is 1. The average Bonchev–Trinajstić information content (AvgIpc) is 2.17. The van der Waals surface area contributed by atoms with Gasteiger partial charge in [0.2, 0.25) is 0 Å². The van der Waals surface area contributed by atoms with Gasteiger partial charge in [0.05, 0.1) is 11.5 Å². The van der Waals surface area contributed by atoms with Crippen molar-refractivity contribution in [1.82, 2.24) is 0 Å². The molecule has 1 aliphatic heterocycles. The van der Waals surface area contributed by atoms with Crippen molar-refractivity contribution >= 4 is 6.29 Å². The van der Waals surface area contributed by atoms with E-state index in [0.717, 1.165) is 0 Å². The van der Waals surface area contributed by atoms with Crippen LogP contribution in [0.5, 0.6) is 0 Å². The molecule has 12 heavy (non-hydrogen) atoms. The number of nitriles is 1. The highest BCUT2D eigenvalue weighted by Crippen LogP contribution is 2.32. The quantitative estimate of drug-likeness (QED) is 0.584. The fourth-order valence-corrected chi connectivity index (χ4v) is 1.34. The van der Waals surface area contributed by atoms with Gasteiger partial charge in [0.1, 0.15) is 12.4 Å². The minimum absolute atomic E-state index is 0.425. The third kappa shape index (κ3) is 1.47. The van der Waals surface area contributed by atoms with Crippen LogP contribution in [0, 0.1) is 16.7 Å². The highest BCUT2D eigenvalue weighted by molar-refractivity contribution is 5.58. The molecule has 0 aromatic carbocycles. The maximum atomic E-state index is 10.3. The van der Waals surface area contributed by atoms with E-state index < -0.39 is 11.5 Å². The summed E-state index contributed by atoms with van der Waals surface area (Å²) in [7, 11) is 0. The molecular formula is C8H11NO3. The molecule has 1 aliphatic rings. The lowest BCUT2D eigenvalue weighted by Gasteiger charge is -2.31. The van der Waals surface area contributed by atoms with E-state index in [0.29, 0.717) is 32.3 Å². The molecule has 4 heteroatoms. The minimum Gasteiger partial charge on any atom is -0.384 e. The van der Waals surface area contributed by atoms with Gasteiger partial charge in [0.25, 0.3) is 0 Å². The van der Waals surface area contributed by atoms with E-state index in [4.69, 9.17) is 10.00 Å². The molecule has 0 aliphatic carbocycles. The maximum absolute atomic E-state index is 10.3. The summed E-state index contributed by atoms with van der Waals surface area (Å²) in [6.45, 7) is 0.886. The van der Waals surface area contributed by atoms with E-state index in [1.807, 2.05) is 6.07 Å². The van der Waals surface area contributed by atoms with Crippen molar-refractivity contribution < 1.29 is 14.6 Å². The van der Waals surface area contributed by atoms with Crippen LogP contribution in [0.25, 0.3) is 0 Å². The van der Waals surface area contributed by atoms with Gasteiger partial charge in [-0.2, -0.15) is 5.26 Å². The van der Waals surface area contributed by atoms with E-state index in [1.54, 1.807) is 0 Å². The first kappa shape index (κ1) is 9.17. The molecule has 1 rings (SSSR count). The van der Waals surface area contributed by atoms with Gasteiger partial charge in [0.15, 0.2) is 0 Å². The van der Waals surface area contributed by atoms with Crippen LogP contribution in [0.2, 0.25) is 0 Å². The molecule has 0 spiro atoms. The van der Waals surface area contributed by atoms with E-state index >= 15 is 0 Å². The molecule has 1 fully saturated rings. The lowest BCUT2D eigenvalue weighted by atomic mass is 9.77. The normalized spacial score (nSPS) is 24.0. The van der Waals surface area contributed by atoms with Gasteiger partial charge in [-0.3, -0.25) is 0 Å². The third-order valence-electron chi connectivity index (χ3n) is 2.30. The van der Waals surface area contributed by atoms with Crippen molar-refractivity contribution in [2.75, 3.05) is 13.2 Å². The number of aliphatic hydroxyl groups excluding tert-OH is 1. The molecule has 0 aromatic heterocycles. The van der Waals surface area contributed by atoms with Crippen molar-refractivity contribution in [3.8, 4) is 6.07 Å². The summed E-state index contributed by atoms with van der Waals surface area (Å²) in [5.74, 6) is 0. The number of hydrogen-bond acceptors (Lipinski definition) is 4. The van der Waals surface area contributed by atoms with Crippen molar-refractivity contribution in [3.05, 3.63) is 0 Å². The molecule has 4 nitrogen and oxygen atoms in total. The molecule has 66 valence electrons. The second-order valence-corrected chi connectivity index (χ2v) is 2.96. The Morgan fingerprint density at radius 3 is 2.58 bits per heavy atom. The first-order valence-corrected chi connectivity index (χ1v) is 3.87. The Morgan fingerprint density at radius 1 is 1.58 bits per heavy atom. The Morgan fingerprint density at radius 2 is 2.17 bits per heavy atom. The fourth-order valence-electron chi connectivity index (χ4n) is 1.34. The zero-order valence-corrected chi connectivity index (χ0v) is 6.69. The number of aliphatic hydroxyl groups is 1. The predicted molar refractivity (Wildman–Crippen MR) is 40.2 cm³/mol. The van der Waals surface area contributed by atoms with Crippen LogP contribution in [0.15, 0.2) is 0 Å². The number of carbonyl (C=O) groups is 1. The topological polar surface area (TPSA) is 70.3 Å². The number of aldehydes is 1. The fraction of sp³-hybridized carbons (Fsp3) is 0.750. The van der Waals surface area contributed by atoms with E-state index in [2.05, 4.69) is 0 Å². The summed E-state index contributed by atoms with van der Waals surface area (Å²) < 4.78 is 5.04. The van der Waals surface area contributed by atoms with Crippen LogP contribution in [0.4, 0.5) is 0 Å². The Labute approximate surface area is 70.7 Å². The minimum atomic E-state index is -1.17.